The smallest absolute Gasteiger partial charge is 0.264 e. The summed E-state index contributed by atoms with van der Waals surface area (Å²) in [6.07, 6.45) is 0.785. The quantitative estimate of drug-likeness (QED) is 0.306. The second kappa shape index (κ2) is 14.5. The van der Waals surface area contributed by atoms with E-state index in [0.717, 1.165) is 22.0 Å². The maximum absolute atomic E-state index is 14.0. The van der Waals surface area contributed by atoms with Crippen LogP contribution in [0.4, 0.5) is 10.1 Å². The summed E-state index contributed by atoms with van der Waals surface area (Å²) < 4.78 is 53.2. The average Bonchev–Trinajstić information content (AvgIpc) is 2.98. The number of nitrogens with zero attached hydrogens (tertiary/aromatic N) is 2. The standard InChI is InChI=1S/C30H36FN3O6S/c1-5-26(30(36)32-6-2)33(19-18-22-10-8-7-9-11-22)29(35)21-34(24-14-12-23(31)13-15-24)41(37,38)25-16-17-27(39-3)28(20-25)40-4/h7-17,20,26H,5-6,18-19,21H2,1-4H3,(H,32,36). The van der Waals surface area contributed by atoms with Crippen LogP contribution in [0.5, 0.6) is 11.5 Å². The topological polar surface area (TPSA) is 105 Å². The van der Waals surface area contributed by atoms with Gasteiger partial charge in [0.05, 0.1) is 24.8 Å². The molecule has 3 aromatic carbocycles. The number of rotatable bonds is 14. The summed E-state index contributed by atoms with van der Waals surface area (Å²) in [4.78, 5) is 28.2. The molecular weight excluding hydrogens is 549 g/mol. The molecular formula is C30H36FN3O6S. The molecule has 3 rings (SSSR count). The highest BCUT2D eigenvalue weighted by Gasteiger charge is 2.33. The zero-order valence-corrected chi connectivity index (χ0v) is 24.5. The first-order valence-corrected chi connectivity index (χ1v) is 14.7. The van der Waals surface area contributed by atoms with E-state index < -0.39 is 34.3 Å². The van der Waals surface area contributed by atoms with Gasteiger partial charge in [-0.3, -0.25) is 13.9 Å². The predicted octanol–water partition coefficient (Wildman–Crippen LogP) is 4.02. The minimum Gasteiger partial charge on any atom is -0.493 e. The number of hydrogen-bond acceptors (Lipinski definition) is 6. The number of carbonyl (C=O) groups excluding carboxylic acids is 2. The highest BCUT2D eigenvalue weighted by atomic mass is 32.2. The first kappa shape index (κ1) is 31.4. The number of anilines is 1. The van der Waals surface area contributed by atoms with Crippen LogP contribution in [0.15, 0.2) is 77.7 Å². The van der Waals surface area contributed by atoms with E-state index in [9.17, 15) is 22.4 Å². The van der Waals surface area contributed by atoms with Gasteiger partial charge in [-0.2, -0.15) is 0 Å². The number of halogens is 1. The SMILES string of the molecule is CCNC(=O)C(CC)N(CCc1ccccc1)C(=O)CN(c1ccc(F)cc1)S(=O)(=O)c1ccc(OC)c(OC)c1. The summed E-state index contributed by atoms with van der Waals surface area (Å²) in [5.74, 6) is -0.948. The first-order valence-electron chi connectivity index (χ1n) is 13.3. The van der Waals surface area contributed by atoms with Crippen LogP contribution in [0.25, 0.3) is 0 Å². The third-order valence-electron chi connectivity index (χ3n) is 6.56. The van der Waals surface area contributed by atoms with Crippen molar-refractivity contribution in [2.75, 3.05) is 38.2 Å². The molecule has 0 fully saturated rings. The Labute approximate surface area is 240 Å². The number of ether oxygens (including phenoxy) is 2. The number of nitrogens with one attached hydrogen (secondary N) is 1. The number of methoxy groups -OCH3 is 2. The van der Waals surface area contributed by atoms with Crippen LogP contribution in [-0.4, -0.2) is 65.0 Å². The number of likely N-dealkylation sites (N-methyl/N-ethyl adjacent to an activating group) is 1. The van der Waals surface area contributed by atoms with Crippen molar-refractivity contribution < 1.29 is 31.9 Å². The van der Waals surface area contributed by atoms with Crippen molar-refractivity contribution in [3.8, 4) is 11.5 Å². The Morgan fingerprint density at radius 3 is 2.17 bits per heavy atom. The molecule has 0 radical (unpaired) electrons. The summed E-state index contributed by atoms with van der Waals surface area (Å²) >= 11 is 0. The van der Waals surface area contributed by atoms with Crippen LogP contribution in [0.2, 0.25) is 0 Å². The number of hydrogen-bond donors (Lipinski definition) is 1. The zero-order valence-electron chi connectivity index (χ0n) is 23.7. The molecule has 1 unspecified atom stereocenters. The second-order valence-electron chi connectivity index (χ2n) is 9.15. The van der Waals surface area contributed by atoms with E-state index in [2.05, 4.69) is 5.32 Å². The number of sulfonamides is 1. The molecule has 0 aliphatic heterocycles. The summed E-state index contributed by atoms with van der Waals surface area (Å²) in [7, 11) is -1.55. The van der Waals surface area contributed by atoms with Gasteiger partial charge in [0.2, 0.25) is 11.8 Å². The van der Waals surface area contributed by atoms with Gasteiger partial charge in [-0.25, -0.2) is 12.8 Å². The van der Waals surface area contributed by atoms with Crippen molar-refractivity contribution in [2.45, 2.75) is 37.6 Å². The van der Waals surface area contributed by atoms with Gasteiger partial charge in [0.15, 0.2) is 11.5 Å². The Morgan fingerprint density at radius 1 is 0.927 bits per heavy atom. The highest BCUT2D eigenvalue weighted by Crippen LogP contribution is 2.32. The summed E-state index contributed by atoms with van der Waals surface area (Å²) in [5.41, 5.74) is 1.05. The van der Waals surface area contributed by atoms with E-state index in [-0.39, 0.29) is 28.8 Å². The van der Waals surface area contributed by atoms with Crippen molar-refractivity contribution in [1.29, 1.82) is 0 Å². The van der Waals surface area contributed by atoms with E-state index in [1.807, 2.05) is 30.3 Å². The van der Waals surface area contributed by atoms with Gasteiger partial charge >= 0.3 is 0 Å². The minimum absolute atomic E-state index is 0.0867. The fourth-order valence-corrected chi connectivity index (χ4v) is 5.86. The molecule has 0 aromatic heterocycles. The molecule has 0 aliphatic carbocycles. The molecule has 1 N–H and O–H groups in total. The van der Waals surface area contributed by atoms with Crippen molar-refractivity contribution >= 4 is 27.5 Å². The maximum Gasteiger partial charge on any atom is 0.264 e. The molecule has 0 saturated heterocycles. The van der Waals surface area contributed by atoms with Crippen LogP contribution >= 0.6 is 0 Å². The van der Waals surface area contributed by atoms with Gasteiger partial charge in [0.25, 0.3) is 10.0 Å². The fourth-order valence-electron chi connectivity index (χ4n) is 4.43. The summed E-state index contributed by atoms with van der Waals surface area (Å²) in [5, 5.41) is 2.77. The van der Waals surface area contributed by atoms with E-state index in [1.54, 1.807) is 13.8 Å². The Balaban J connectivity index is 2.04. The lowest BCUT2D eigenvalue weighted by Crippen LogP contribution is -2.53. The molecule has 11 heteroatoms. The monoisotopic (exact) mass is 585 g/mol. The lowest BCUT2D eigenvalue weighted by atomic mass is 10.1. The molecule has 9 nitrogen and oxygen atoms in total. The van der Waals surface area contributed by atoms with Gasteiger partial charge < -0.3 is 19.7 Å². The van der Waals surface area contributed by atoms with Gasteiger partial charge in [0, 0.05) is 19.2 Å². The molecule has 220 valence electrons. The molecule has 2 amide bonds. The van der Waals surface area contributed by atoms with Gasteiger partial charge in [-0.1, -0.05) is 37.3 Å². The molecule has 0 saturated carbocycles. The molecule has 0 aliphatic rings. The van der Waals surface area contributed by atoms with Crippen molar-refractivity contribution in [2.24, 2.45) is 0 Å². The van der Waals surface area contributed by atoms with Crippen LogP contribution in [-0.2, 0) is 26.0 Å². The maximum atomic E-state index is 14.0. The lowest BCUT2D eigenvalue weighted by Gasteiger charge is -2.33. The number of benzene rings is 3. The van der Waals surface area contributed by atoms with Gasteiger partial charge in [-0.05, 0) is 61.7 Å². The van der Waals surface area contributed by atoms with Crippen molar-refractivity contribution in [3.63, 3.8) is 0 Å². The van der Waals surface area contributed by atoms with E-state index in [0.29, 0.717) is 25.1 Å². The number of carbonyl (C=O) groups is 2. The van der Waals surface area contributed by atoms with Crippen molar-refractivity contribution in [3.05, 3.63) is 84.2 Å². The number of amides is 2. The van der Waals surface area contributed by atoms with Crippen molar-refractivity contribution in [1.82, 2.24) is 10.2 Å². The Bertz CT molecular complexity index is 1420. The molecule has 0 heterocycles. The average molecular weight is 586 g/mol. The predicted molar refractivity (Wildman–Crippen MR) is 155 cm³/mol. The van der Waals surface area contributed by atoms with E-state index in [1.165, 1.54) is 49.5 Å². The Hall–Kier alpha value is -4.12. The second-order valence-corrected chi connectivity index (χ2v) is 11.0. The Kier molecular flexibility index (Phi) is 11.1. The summed E-state index contributed by atoms with van der Waals surface area (Å²) in [6, 6.07) is 17.6. The van der Waals surface area contributed by atoms with E-state index >= 15 is 0 Å². The molecule has 1 atom stereocenters. The summed E-state index contributed by atoms with van der Waals surface area (Å²) in [6.45, 7) is 3.53. The van der Waals surface area contributed by atoms with Gasteiger partial charge in [-0.15, -0.1) is 0 Å². The fraction of sp³-hybridized carbons (Fsp3) is 0.333. The highest BCUT2D eigenvalue weighted by molar-refractivity contribution is 7.92. The first-order chi connectivity index (χ1) is 19.7. The molecule has 0 spiro atoms. The lowest BCUT2D eigenvalue weighted by molar-refractivity contribution is -0.139. The van der Waals surface area contributed by atoms with Crippen LogP contribution < -0.4 is 19.1 Å². The third kappa shape index (κ3) is 7.75. The van der Waals surface area contributed by atoms with Crippen LogP contribution in [0.1, 0.15) is 25.8 Å². The normalized spacial score (nSPS) is 11.8. The van der Waals surface area contributed by atoms with Gasteiger partial charge in [0.1, 0.15) is 18.4 Å². The molecule has 41 heavy (non-hydrogen) atoms. The molecule has 0 bridgehead atoms. The van der Waals surface area contributed by atoms with E-state index in [4.69, 9.17) is 9.47 Å². The largest absolute Gasteiger partial charge is 0.493 e. The third-order valence-corrected chi connectivity index (χ3v) is 8.33. The minimum atomic E-state index is -4.36. The Morgan fingerprint density at radius 2 is 1.59 bits per heavy atom. The van der Waals surface area contributed by atoms with Crippen LogP contribution in [0, 0.1) is 5.82 Å². The van der Waals surface area contributed by atoms with Crippen LogP contribution in [0.3, 0.4) is 0 Å². The molecule has 3 aromatic rings. The zero-order chi connectivity index (χ0) is 30.0.